The second-order valence-electron chi connectivity index (χ2n) is 6.65. The van der Waals surface area contributed by atoms with Crippen LogP contribution >= 0.6 is 11.8 Å². The molecule has 0 bridgehead atoms. The SMILES string of the molecule is CCCCCCCCCCCC[C@H]1S[C@@H]1CCCC(=O)OC. The average Bonchev–Trinajstić information content (AvgIpc) is 3.27. The Kier molecular flexibility index (Phi) is 12.0. The van der Waals surface area contributed by atoms with Crippen LogP contribution in [0.3, 0.4) is 0 Å². The highest BCUT2D eigenvalue weighted by Gasteiger charge is 2.36. The molecule has 2 atom stereocenters. The Morgan fingerprint density at radius 1 is 0.818 bits per heavy atom. The summed E-state index contributed by atoms with van der Waals surface area (Å²) in [7, 11) is 1.47. The number of hydrogen-bond acceptors (Lipinski definition) is 3. The average molecular weight is 329 g/mol. The summed E-state index contributed by atoms with van der Waals surface area (Å²) in [5.74, 6) is -0.0584. The quantitative estimate of drug-likeness (QED) is 0.206. The van der Waals surface area contributed by atoms with Gasteiger partial charge in [-0.1, -0.05) is 71.1 Å². The molecule has 0 aromatic carbocycles. The summed E-state index contributed by atoms with van der Waals surface area (Å²) in [6.07, 6.45) is 18.4. The van der Waals surface area contributed by atoms with Gasteiger partial charge < -0.3 is 4.74 Å². The smallest absolute Gasteiger partial charge is 0.305 e. The van der Waals surface area contributed by atoms with Crippen molar-refractivity contribution in [3.63, 3.8) is 0 Å². The maximum absolute atomic E-state index is 11.0. The van der Waals surface area contributed by atoms with Crippen LogP contribution in [-0.2, 0) is 9.53 Å². The maximum atomic E-state index is 11.0. The highest BCUT2D eigenvalue weighted by Crippen LogP contribution is 2.47. The molecule has 22 heavy (non-hydrogen) atoms. The van der Waals surface area contributed by atoms with Gasteiger partial charge in [-0.05, 0) is 19.3 Å². The molecule has 0 saturated carbocycles. The van der Waals surface area contributed by atoms with Crippen molar-refractivity contribution in [1.82, 2.24) is 0 Å². The summed E-state index contributed by atoms with van der Waals surface area (Å²) in [6, 6.07) is 0. The maximum Gasteiger partial charge on any atom is 0.305 e. The molecule has 1 fully saturated rings. The van der Waals surface area contributed by atoms with Gasteiger partial charge in [-0.3, -0.25) is 4.79 Å². The molecule has 0 N–H and O–H groups in total. The van der Waals surface area contributed by atoms with Crippen LogP contribution in [-0.4, -0.2) is 23.6 Å². The minimum Gasteiger partial charge on any atom is -0.469 e. The lowest BCUT2D eigenvalue weighted by molar-refractivity contribution is -0.140. The Balaban J connectivity index is 1.76. The van der Waals surface area contributed by atoms with E-state index in [0.29, 0.717) is 6.42 Å². The summed E-state index contributed by atoms with van der Waals surface area (Å²) in [5, 5.41) is 1.73. The number of methoxy groups -OCH3 is 1. The topological polar surface area (TPSA) is 26.3 Å². The molecule has 0 amide bonds. The van der Waals surface area contributed by atoms with Crippen molar-refractivity contribution in [2.45, 2.75) is 107 Å². The molecular weight excluding hydrogens is 292 g/mol. The van der Waals surface area contributed by atoms with Crippen molar-refractivity contribution in [2.75, 3.05) is 7.11 Å². The monoisotopic (exact) mass is 328 g/mol. The second-order valence-corrected chi connectivity index (χ2v) is 8.14. The predicted molar refractivity (Wildman–Crippen MR) is 97.5 cm³/mol. The molecule has 1 aliphatic rings. The van der Waals surface area contributed by atoms with E-state index in [4.69, 9.17) is 0 Å². The second kappa shape index (κ2) is 13.3. The molecule has 0 radical (unpaired) electrons. The van der Waals surface area contributed by atoms with Crippen molar-refractivity contribution in [3.05, 3.63) is 0 Å². The molecule has 3 heteroatoms. The fourth-order valence-corrected chi connectivity index (χ4v) is 4.31. The summed E-state index contributed by atoms with van der Waals surface area (Å²) >= 11 is 2.12. The highest BCUT2D eigenvalue weighted by molar-refractivity contribution is 8.07. The molecule has 0 aliphatic carbocycles. The molecule has 1 aliphatic heterocycles. The standard InChI is InChI=1S/C19H36O2S/c1-3-4-5-6-7-8-9-10-11-12-14-17-18(22-17)15-13-16-19(20)21-2/h17-18H,3-16H2,1-2H3/t17-,18-/m1/s1. The van der Waals surface area contributed by atoms with Gasteiger partial charge in [0, 0.05) is 16.9 Å². The van der Waals surface area contributed by atoms with Crippen molar-refractivity contribution < 1.29 is 9.53 Å². The summed E-state index contributed by atoms with van der Waals surface area (Å²) < 4.78 is 4.67. The molecule has 0 aromatic rings. The lowest BCUT2D eigenvalue weighted by atomic mass is 10.0. The van der Waals surface area contributed by atoms with Crippen molar-refractivity contribution in [3.8, 4) is 0 Å². The van der Waals surface area contributed by atoms with E-state index in [1.54, 1.807) is 0 Å². The van der Waals surface area contributed by atoms with Crippen LogP contribution in [0.25, 0.3) is 0 Å². The number of ether oxygens (including phenoxy) is 1. The Morgan fingerprint density at radius 2 is 1.32 bits per heavy atom. The molecule has 0 unspecified atom stereocenters. The van der Waals surface area contributed by atoms with E-state index in [-0.39, 0.29) is 5.97 Å². The van der Waals surface area contributed by atoms with Crippen LogP contribution in [0.5, 0.6) is 0 Å². The zero-order valence-corrected chi connectivity index (χ0v) is 15.6. The number of thioether (sulfide) groups is 1. The molecule has 1 saturated heterocycles. The third-order valence-corrected chi connectivity index (χ3v) is 6.14. The van der Waals surface area contributed by atoms with Crippen LogP contribution in [0.1, 0.15) is 96.8 Å². The Bertz CT molecular complexity index is 281. The van der Waals surface area contributed by atoms with Crippen molar-refractivity contribution in [2.24, 2.45) is 0 Å². The van der Waals surface area contributed by atoms with E-state index in [1.807, 2.05) is 0 Å². The normalized spacial score (nSPS) is 20.1. The van der Waals surface area contributed by atoms with Crippen LogP contribution < -0.4 is 0 Å². The molecule has 130 valence electrons. The molecule has 1 rings (SSSR count). The van der Waals surface area contributed by atoms with E-state index < -0.39 is 0 Å². The van der Waals surface area contributed by atoms with Gasteiger partial charge in [0.1, 0.15) is 0 Å². The number of carbonyl (C=O) groups excluding carboxylic acids is 1. The third kappa shape index (κ3) is 10.5. The van der Waals surface area contributed by atoms with Gasteiger partial charge in [0.05, 0.1) is 7.11 Å². The fourth-order valence-electron chi connectivity index (χ4n) is 3.07. The van der Waals surface area contributed by atoms with Gasteiger partial charge in [-0.25, -0.2) is 0 Å². The molecule has 1 heterocycles. The first-order valence-electron chi connectivity index (χ1n) is 9.50. The molecule has 0 spiro atoms. The zero-order chi connectivity index (χ0) is 16.0. The van der Waals surface area contributed by atoms with Gasteiger partial charge >= 0.3 is 5.97 Å². The predicted octanol–water partition coefficient (Wildman–Crippen LogP) is 6.12. The van der Waals surface area contributed by atoms with E-state index in [2.05, 4.69) is 23.4 Å². The minimum atomic E-state index is -0.0584. The Hall–Kier alpha value is -0.180. The van der Waals surface area contributed by atoms with Gasteiger partial charge in [0.15, 0.2) is 0 Å². The first kappa shape index (κ1) is 19.9. The Morgan fingerprint density at radius 3 is 1.86 bits per heavy atom. The van der Waals surface area contributed by atoms with Gasteiger partial charge in [0.2, 0.25) is 0 Å². The fraction of sp³-hybridized carbons (Fsp3) is 0.947. The number of rotatable bonds is 15. The van der Waals surface area contributed by atoms with E-state index in [9.17, 15) is 4.79 Å². The summed E-state index contributed by atoms with van der Waals surface area (Å²) in [6.45, 7) is 2.28. The Labute approximate surface area is 142 Å². The highest BCUT2D eigenvalue weighted by atomic mass is 32.2. The first-order valence-corrected chi connectivity index (χ1v) is 10.4. The van der Waals surface area contributed by atoms with Crippen LogP contribution in [0.2, 0.25) is 0 Å². The van der Waals surface area contributed by atoms with Crippen LogP contribution in [0.15, 0.2) is 0 Å². The first-order chi connectivity index (χ1) is 10.8. The number of unbranched alkanes of at least 4 members (excludes halogenated alkanes) is 9. The van der Waals surface area contributed by atoms with Gasteiger partial charge in [-0.15, -0.1) is 0 Å². The van der Waals surface area contributed by atoms with Crippen LogP contribution in [0, 0.1) is 0 Å². The zero-order valence-electron chi connectivity index (χ0n) is 14.8. The third-order valence-electron chi connectivity index (χ3n) is 4.63. The lowest BCUT2D eigenvalue weighted by Crippen LogP contribution is -2.01. The van der Waals surface area contributed by atoms with Gasteiger partial charge in [0.25, 0.3) is 0 Å². The molecule has 2 nitrogen and oxygen atoms in total. The molecule has 0 aromatic heterocycles. The number of hydrogen-bond donors (Lipinski definition) is 0. The largest absolute Gasteiger partial charge is 0.469 e. The lowest BCUT2D eigenvalue weighted by Gasteiger charge is -2.02. The van der Waals surface area contributed by atoms with E-state index in [1.165, 1.54) is 84.2 Å². The number of esters is 1. The van der Waals surface area contributed by atoms with E-state index in [0.717, 1.165) is 16.9 Å². The van der Waals surface area contributed by atoms with Crippen LogP contribution in [0.4, 0.5) is 0 Å². The number of carbonyl (C=O) groups is 1. The van der Waals surface area contributed by atoms with Crippen molar-refractivity contribution >= 4 is 17.7 Å². The van der Waals surface area contributed by atoms with Gasteiger partial charge in [-0.2, -0.15) is 11.8 Å². The summed E-state index contributed by atoms with van der Waals surface area (Å²) in [5.41, 5.74) is 0. The summed E-state index contributed by atoms with van der Waals surface area (Å²) in [4.78, 5) is 11.0. The van der Waals surface area contributed by atoms with E-state index >= 15 is 0 Å². The minimum absolute atomic E-state index is 0.0584. The molecular formula is C19H36O2S. The van der Waals surface area contributed by atoms with Crippen molar-refractivity contribution in [1.29, 1.82) is 0 Å².